The van der Waals surface area contributed by atoms with Crippen LogP contribution in [0.15, 0.2) is 160 Å². The summed E-state index contributed by atoms with van der Waals surface area (Å²) in [7, 11) is -4.38. The number of benzene rings is 7. The van der Waals surface area contributed by atoms with Crippen molar-refractivity contribution in [2.24, 2.45) is 0 Å². The van der Waals surface area contributed by atoms with Gasteiger partial charge in [-0.3, -0.25) is 27.8 Å². The monoisotopic (exact) mass is 1200 g/mol. The zero-order valence-electron chi connectivity index (χ0n) is 49.9. The van der Waals surface area contributed by atoms with Crippen LogP contribution in [0.1, 0.15) is 96.8 Å². The molecule has 0 saturated carbocycles. The third-order valence-corrected chi connectivity index (χ3v) is 16.0. The van der Waals surface area contributed by atoms with Gasteiger partial charge in [0.15, 0.2) is 0 Å². The van der Waals surface area contributed by atoms with Crippen molar-refractivity contribution >= 4 is 77.0 Å². The molecule has 0 atom stereocenters. The zero-order valence-corrected chi connectivity index (χ0v) is 51.6. The third kappa shape index (κ3) is 14.3. The van der Waals surface area contributed by atoms with Crippen LogP contribution >= 0.6 is 0 Å². The first kappa shape index (κ1) is 62.8. The summed E-state index contributed by atoms with van der Waals surface area (Å²) in [5.41, 5.74) is 5.03. The average molecular weight is 1210 g/mol. The van der Waals surface area contributed by atoms with Gasteiger partial charge in [-0.2, -0.15) is 0 Å². The summed E-state index contributed by atoms with van der Waals surface area (Å²) in [4.78, 5) is 52.5. The highest BCUT2D eigenvalue weighted by Crippen LogP contribution is 2.44. The molecule has 0 saturated heterocycles. The van der Waals surface area contributed by atoms with Crippen LogP contribution in [0.25, 0.3) is 66.8 Å². The predicted molar refractivity (Wildman–Crippen MR) is 338 cm³/mol. The number of anilines is 2. The molecule has 7 aromatic carbocycles. The zero-order chi connectivity index (χ0) is 62.6. The van der Waals surface area contributed by atoms with Crippen molar-refractivity contribution in [2.45, 2.75) is 66.5 Å². The molecule has 0 bridgehead atoms. The fourth-order valence-corrected chi connectivity index (χ4v) is 11.8. The predicted octanol–water partition coefficient (Wildman–Crippen LogP) is 12.8. The van der Waals surface area contributed by atoms with Gasteiger partial charge in [-0.15, -0.1) is 0 Å². The summed E-state index contributed by atoms with van der Waals surface area (Å²) in [6.45, 7) is 15.1. The van der Waals surface area contributed by atoms with Crippen molar-refractivity contribution < 1.29 is 54.0 Å². The second kappa shape index (κ2) is 25.1. The van der Waals surface area contributed by atoms with Gasteiger partial charge < -0.3 is 34.8 Å². The summed E-state index contributed by atoms with van der Waals surface area (Å²) < 4.78 is 86.2. The number of ether oxygens (including phenoxy) is 1. The van der Waals surface area contributed by atoms with E-state index in [9.17, 15) is 40.4 Å². The van der Waals surface area contributed by atoms with Gasteiger partial charge in [-0.1, -0.05) is 42.5 Å². The molecule has 0 fully saturated rings. The van der Waals surface area contributed by atoms with Crippen LogP contribution in [0.2, 0.25) is 0 Å². The van der Waals surface area contributed by atoms with E-state index in [1.54, 1.807) is 111 Å². The molecule has 0 radical (unpaired) electrons. The van der Waals surface area contributed by atoms with Gasteiger partial charge in [0, 0.05) is 94.5 Å². The molecular formula is C66H69FN6O11S2. The fraction of sp³-hybridized carbons (Fsp3) is 0.242. The summed E-state index contributed by atoms with van der Waals surface area (Å²) in [5, 5.41) is 12.2. The first-order valence-electron chi connectivity index (χ1n) is 27.6. The van der Waals surface area contributed by atoms with E-state index in [4.69, 9.17) is 13.6 Å². The van der Waals surface area contributed by atoms with Gasteiger partial charge in [-0.25, -0.2) is 21.2 Å². The molecule has 4 N–H and O–H groups in total. The maximum atomic E-state index is 13.6. The molecule has 0 spiro atoms. The lowest BCUT2D eigenvalue weighted by molar-refractivity contribution is 0.0910. The number of carbonyl (C=O) groups is 4. The Balaban J connectivity index is 0.000000226. The van der Waals surface area contributed by atoms with Crippen LogP contribution in [0.3, 0.4) is 0 Å². The highest BCUT2D eigenvalue weighted by atomic mass is 32.2. The molecule has 86 heavy (non-hydrogen) atoms. The van der Waals surface area contributed by atoms with Gasteiger partial charge >= 0.3 is 0 Å². The highest BCUT2D eigenvalue weighted by Gasteiger charge is 2.30. The standard InChI is InChI=1S/C36H37N3O6S.C30H32FN3O5S/c1-7-39(46(6,42)43)30-22-31-29(21-28(30)24-12-11-13-25(20-24)34(40)38-36(2,3)4)32(35(41)37-5)33(45-31)23-16-18-27(19-17-23)44-26-14-9-8-10-15-26;1-7-34(40(6,37)38)24-17-25-23(26(29(36)32-5)27(39-25)18-11-13-21(31)14-12-18)16-22(24)19-9-8-10-20(15-19)28(35)33-30(2,3)4/h8-22H,7H2,1-6H3,(H,37,41)(H,38,40);8-17H,7H2,1-6H3,(H,32,36)(H,33,35). The Hall–Kier alpha value is -9.27. The number of fused-ring (bicyclic) bond motifs is 2. The maximum Gasteiger partial charge on any atom is 0.255 e. The second-order valence-corrected chi connectivity index (χ2v) is 26.2. The fourth-order valence-electron chi connectivity index (χ4n) is 9.80. The number of hydrogen-bond acceptors (Lipinski definition) is 11. The van der Waals surface area contributed by atoms with Crippen molar-refractivity contribution in [1.29, 1.82) is 0 Å². The van der Waals surface area contributed by atoms with Crippen LogP contribution < -0.4 is 34.6 Å². The normalized spacial score (nSPS) is 11.8. The van der Waals surface area contributed by atoms with Gasteiger partial charge in [0.25, 0.3) is 23.6 Å². The molecular weight excluding hydrogens is 1140 g/mol. The smallest absolute Gasteiger partial charge is 0.255 e. The minimum absolute atomic E-state index is 0.134. The van der Waals surface area contributed by atoms with Crippen molar-refractivity contribution in [2.75, 3.05) is 48.3 Å². The Bertz CT molecular complexity index is 4260. The first-order chi connectivity index (χ1) is 40.5. The minimum atomic E-state index is -3.71. The highest BCUT2D eigenvalue weighted by molar-refractivity contribution is 7.92. The molecule has 448 valence electrons. The lowest BCUT2D eigenvalue weighted by Crippen LogP contribution is -2.40. The molecule has 9 rings (SSSR count). The number of rotatable bonds is 16. The number of nitrogens with one attached hydrogen (secondary N) is 4. The van der Waals surface area contributed by atoms with E-state index in [2.05, 4.69) is 21.3 Å². The molecule has 0 unspecified atom stereocenters. The molecule has 17 nitrogen and oxygen atoms in total. The summed E-state index contributed by atoms with van der Waals surface area (Å²) in [6, 6.07) is 42.6. The SMILES string of the molecule is CCN(c1cc2oc(-c3ccc(F)cc3)c(C(=O)NC)c2cc1-c1cccc(C(=O)NC(C)(C)C)c1)S(C)(=O)=O.CCN(c1cc2oc(-c3ccc(Oc4ccccc4)cc3)c(C(=O)NC)c2cc1-c1cccc(C(=O)NC(C)(C)C)c1)S(C)(=O)=O. The van der Waals surface area contributed by atoms with E-state index in [-0.39, 0.29) is 47.7 Å². The Morgan fingerprint density at radius 1 is 0.488 bits per heavy atom. The van der Waals surface area contributed by atoms with E-state index in [0.29, 0.717) is 95.1 Å². The number of nitrogens with zero attached hydrogens (tertiary/aromatic N) is 2. The molecule has 0 aliphatic rings. The summed E-state index contributed by atoms with van der Waals surface area (Å²) >= 11 is 0. The quantitative estimate of drug-likeness (QED) is 0.0711. The van der Waals surface area contributed by atoms with E-state index in [1.807, 2.05) is 71.9 Å². The number of furan rings is 2. The minimum Gasteiger partial charge on any atom is -0.457 e. The summed E-state index contributed by atoms with van der Waals surface area (Å²) in [5.74, 6) is 0.0758. The number of halogens is 1. The van der Waals surface area contributed by atoms with Crippen LogP contribution in [0.4, 0.5) is 15.8 Å². The van der Waals surface area contributed by atoms with Crippen LogP contribution in [-0.2, 0) is 20.0 Å². The molecule has 2 heterocycles. The van der Waals surface area contributed by atoms with Gasteiger partial charge in [0.1, 0.15) is 40.0 Å². The molecule has 0 aliphatic heterocycles. The largest absolute Gasteiger partial charge is 0.457 e. The molecule has 2 aromatic heterocycles. The van der Waals surface area contributed by atoms with Crippen molar-refractivity contribution in [3.8, 4) is 56.4 Å². The summed E-state index contributed by atoms with van der Waals surface area (Å²) in [6.07, 6.45) is 2.25. The van der Waals surface area contributed by atoms with Crippen molar-refractivity contribution in [3.63, 3.8) is 0 Å². The van der Waals surface area contributed by atoms with Gasteiger partial charge in [-0.05, 0) is 164 Å². The number of para-hydroxylation sites is 1. The van der Waals surface area contributed by atoms with E-state index >= 15 is 0 Å². The van der Waals surface area contributed by atoms with Crippen LogP contribution in [-0.4, -0.2) is 91.2 Å². The lowest BCUT2D eigenvalue weighted by Gasteiger charge is -2.24. The maximum absolute atomic E-state index is 13.6. The number of hydrogen-bond donors (Lipinski definition) is 4. The average Bonchev–Trinajstić information content (AvgIpc) is 1.60. The number of amides is 4. The first-order valence-corrected chi connectivity index (χ1v) is 31.3. The van der Waals surface area contributed by atoms with Crippen LogP contribution in [0, 0.1) is 5.82 Å². The Labute approximate surface area is 500 Å². The van der Waals surface area contributed by atoms with Crippen molar-refractivity contribution in [3.05, 3.63) is 180 Å². The molecule has 9 aromatic rings. The lowest BCUT2D eigenvalue weighted by atomic mass is 9.97. The van der Waals surface area contributed by atoms with Gasteiger partial charge in [0.05, 0.1) is 35.0 Å². The Morgan fingerprint density at radius 2 is 0.872 bits per heavy atom. The van der Waals surface area contributed by atoms with E-state index in [0.717, 1.165) is 12.5 Å². The second-order valence-electron chi connectivity index (χ2n) is 22.4. The third-order valence-electron chi connectivity index (χ3n) is 13.5. The van der Waals surface area contributed by atoms with Crippen molar-refractivity contribution in [1.82, 2.24) is 21.3 Å². The Kier molecular flexibility index (Phi) is 18.3. The van der Waals surface area contributed by atoms with E-state index < -0.39 is 42.8 Å². The number of sulfonamides is 2. The molecule has 4 amide bonds. The topological polar surface area (TPSA) is 227 Å². The molecule has 0 aliphatic carbocycles. The Morgan fingerprint density at radius 3 is 1.23 bits per heavy atom. The number of carbonyl (C=O) groups excluding carboxylic acids is 4. The molecule has 20 heteroatoms. The van der Waals surface area contributed by atoms with Gasteiger partial charge in [0.2, 0.25) is 20.0 Å². The van der Waals surface area contributed by atoms with E-state index in [1.165, 1.54) is 47.0 Å². The van der Waals surface area contributed by atoms with Crippen LogP contribution in [0.5, 0.6) is 11.5 Å².